The lowest BCUT2D eigenvalue weighted by molar-refractivity contribution is -0.127. The number of piperidine rings is 1. The summed E-state index contributed by atoms with van der Waals surface area (Å²) >= 11 is 6.10. The summed E-state index contributed by atoms with van der Waals surface area (Å²) < 4.78 is 10.9. The number of hydrogen-bond acceptors (Lipinski definition) is 5. The second kappa shape index (κ2) is 12.5. The van der Waals surface area contributed by atoms with Crippen LogP contribution in [0.3, 0.4) is 0 Å². The summed E-state index contributed by atoms with van der Waals surface area (Å²) in [5.74, 6) is 2.89. The zero-order valence-corrected chi connectivity index (χ0v) is 23.1. The maximum atomic E-state index is 12.5. The number of nitrogens with zero attached hydrogens (tertiary/aromatic N) is 2. The molecule has 1 amide bonds. The van der Waals surface area contributed by atoms with Gasteiger partial charge in [0.25, 0.3) is 0 Å². The third kappa shape index (κ3) is 6.51. The van der Waals surface area contributed by atoms with Crippen LogP contribution in [0.4, 0.5) is 0 Å². The Bertz CT molecular complexity index is 1020. The van der Waals surface area contributed by atoms with Crippen LogP contribution >= 0.6 is 11.6 Å². The molecule has 37 heavy (non-hydrogen) atoms. The van der Waals surface area contributed by atoms with E-state index in [4.69, 9.17) is 26.6 Å². The van der Waals surface area contributed by atoms with Crippen molar-refractivity contribution in [1.29, 1.82) is 0 Å². The molecule has 0 bridgehead atoms. The standard InChI is InChI=1S/C30H44ClN3O3/c1-36-19-21-4-8-23(9-5-21)28(30(32)35)22-6-2-20(3-7-22)12-15-34-16-13-24(14-17-34)29-26-11-10-25(31)18-27(26)37-33-29/h10-11,18,20-24,28H,2-9,12-17,19H2,1H3,(H2,32,35). The van der Waals surface area contributed by atoms with Crippen molar-refractivity contribution in [1.82, 2.24) is 10.1 Å². The van der Waals surface area contributed by atoms with Gasteiger partial charge in [-0.1, -0.05) is 29.6 Å². The van der Waals surface area contributed by atoms with Gasteiger partial charge < -0.3 is 19.9 Å². The van der Waals surface area contributed by atoms with Gasteiger partial charge in [0.05, 0.1) is 5.69 Å². The van der Waals surface area contributed by atoms with Crippen LogP contribution in [0.1, 0.15) is 82.2 Å². The first kappa shape index (κ1) is 27.0. The predicted molar refractivity (Wildman–Crippen MR) is 148 cm³/mol. The third-order valence-corrected chi connectivity index (χ3v) is 10.1. The first-order chi connectivity index (χ1) is 18.0. The number of amides is 1. The van der Waals surface area contributed by atoms with Crippen molar-refractivity contribution >= 4 is 28.5 Å². The molecule has 3 fully saturated rings. The van der Waals surface area contributed by atoms with Crippen molar-refractivity contribution in [3.63, 3.8) is 0 Å². The highest BCUT2D eigenvalue weighted by atomic mass is 35.5. The van der Waals surface area contributed by atoms with Gasteiger partial charge in [0, 0.05) is 42.0 Å². The molecule has 5 rings (SSSR count). The summed E-state index contributed by atoms with van der Waals surface area (Å²) in [7, 11) is 1.79. The molecule has 0 radical (unpaired) electrons. The largest absolute Gasteiger partial charge is 0.384 e. The summed E-state index contributed by atoms with van der Waals surface area (Å²) in [5.41, 5.74) is 7.87. The molecular formula is C30H44ClN3O3. The highest BCUT2D eigenvalue weighted by Crippen LogP contribution is 2.43. The molecule has 1 aromatic heterocycles. The molecule has 2 aliphatic carbocycles. The molecule has 2 aromatic rings. The van der Waals surface area contributed by atoms with Gasteiger partial charge in [-0.15, -0.1) is 0 Å². The van der Waals surface area contributed by atoms with E-state index in [0.29, 0.717) is 28.7 Å². The average Bonchev–Trinajstić information content (AvgIpc) is 3.33. The van der Waals surface area contributed by atoms with Crippen molar-refractivity contribution in [3.8, 4) is 0 Å². The zero-order valence-electron chi connectivity index (χ0n) is 22.4. The fourth-order valence-electron chi connectivity index (χ4n) is 7.66. The van der Waals surface area contributed by atoms with Gasteiger partial charge in [0.15, 0.2) is 5.58 Å². The first-order valence-corrected chi connectivity index (χ1v) is 14.9. The third-order valence-electron chi connectivity index (χ3n) is 9.82. The molecule has 7 heteroatoms. The number of fused-ring (bicyclic) bond motifs is 1. The molecule has 1 saturated heterocycles. The van der Waals surface area contributed by atoms with Gasteiger partial charge in [-0.3, -0.25) is 4.79 Å². The molecule has 1 aromatic carbocycles. The van der Waals surface area contributed by atoms with Crippen LogP contribution in [-0.4, -0.2) is 49.3 Å². The number of benzene rings is 1. The van der Waals surface area contributed by atoms with Gasteiger partial charge in [-0.05, 0) is 113 Å². The second-order valence-electron chi connectivity index (χ2n) is 12.1. The minimum atomic E-state index is -0.0514. The van der Waals surface area contributed by atoms with E-state index in [0.717, 1.165) is 68.0 Å². The van der Waals surface area contributed by atoms with E-state index >= 15 is 0 Å². The Morgan fingerprint density at radius 3 is 2.32 bits per heavy atom. The van der Waals surface area contributed by atoms with Crippen LogP contribution in [-0.2, 0) is 9.53 Å². The van der Waals surface area contributed by atoms with Gasteiger partial charge in [0.2, 0.25) is 5.91 Å². The predicted octanol–water partition coefficient (Wildman–Crippen LogP) is 6.41. The van der Waals surface area contributed by atoms with Crippen LogP contribution in [0, 0.1) is 29.6 Å². The van der Waals surface area contributed by atoms with Crippen molar-refractivity contribution in [2.45, 2.75) is 76.5 Å². The summed E-state index contributed by atoms with van der Waals surface area (Å²) in [5, 5.41) is 6.19. The van der Waals surface area contributed by atoms with Gasteiger partial charge >= 0.3 is 0 Å². The number of halogens is 1. The average molecular weight is 530 g/mol. The Morgan fingerprint density at radius 2 is 1.70 bits per heavy atom. The maximum absolute atomic E-state index is 12.5. The van der Waals surface area contributed by atoms with Gasteiger partial charge in [-0.25, -0.2) is 0 Å². The number of carbonyl (C=O) groups excluding carboxylic acids is 1. The highest BCUT2D eigenvalue weighted by Gasteiger charge is 2.38. The Kier molecular flexibility index (Phi) is 9.10. The summed E-state index contributed by atoms with van der Waals surface area (Å²) in [6, 6.07) is 5.82. The number of hydrogen-bond donors (Lipinski definition) is 1. The first-order valence-electron chi connectivity index (χ1n) is 14.6. The van der Waals surface area contributed by atoms with Crippen LogP contribution in [0.25, 0.3) is 11.0 Å². The number of primary amides is 1. The number of likely N-dealkylation sites (tertiary alicyclic amines) is 1. The summed E-state index contributed by atoms with van der Waals surface area (Å²) in [4.78, 5) is 15.1. The topological polar surface area (TPSA) is 81.6 Å². The quantitative estimate of drug-likeness (QED) is 0.405. The fraction of sp³-hybridized carbons (Fsp3) is 0.733. The molecule has 204 valence electrons. The Labute approximate surface area is 226 Å². The summed E-state index contributed by atoms with van der Waals surface area (Å²) in [6.45, 7) is 4.28. The number of ether oxygens (including phenoxy) is 1. The normalized spacial score (nSPS) is 28.9. The summed E-state index contributed by atoms with van der Waals surface area (Å²) in [6.07, 6.45) is 13.0. The number of rotatable bonds is 9. The minimum absolute atomic E-state index is 0.0514. The molecule has 3 aliphatic rings. The number of methoxy groups -OCH3 is 1. The van der Waals surface area contributed by atoms with Crippen molar-refractivity contribution in [2.75, 3.05) is 33.4 Å². The lowest BCUT2D eigenvalue weighted by Gasteiger charge is -2.39. The second-order valence-corrected chi connectivity index (χ2v) is 12.5. The SMILES string of the molecule is COCC1CCC(C(C(N)=O)C2CCC(CCN3CCC(c4noc5cc(Cl)ccc45)CC3)CC2)CC1. The van der Waals surface area contributed by atoms with E-state index in [-0.39, 0.29) is 11.8 Å². The van der Waals surface area contributed by atoms with E-state index in [1.165, 1.54) is 51.5 Å². The van der Waals surface area contributed by atoms with Crippen LogP contribution in [0.5, 0.6) is 0 Å². The van der Waals surface area contributed by atoms with Crippen molar-refractivity contribution in [2.24, 2.45) is 35.3 Å². The van der Waals surface area contributed by atoms with E-state index in [1.807, 2.05) is 18.2 Å². The number of aromatic nitrogens is 1. The van der Waals surface area contributed by atoms with Crippen LogP contribution < -0.4 is 5.73 Å². The molecule has 2 N–H and O–H groups in total. The molecule has 1 atom stereocenters. The fourth-order valence-corrected chi connectivity index (χ4v) is 7.82. The van der Waals surface area contributed by atoms with E-state index in [2.05, 4.69) is 10.1 Å². The molecule has 2 saturated carbocycles. The van der Waals surface area contributed by atoms with E-state index < -0.39 is 0 Å². The lowest BCUT2D eigenvalue weighted by atomic mass is 9.66. The molecule has 6 nitrogen and oxygen atoms in total. The highest BCUT2D eigenvalue weighted by molar-refractivity contribution is 6.31. The monoisotopic (exact) mass is 529 g/mol. The van der Waals surface area contributed by atoms with Gasteiger partial charge in [0.1, 0.15) is 0 Å². The Morgan fingerprint density at radius 1 is 1.05 bits per heavy atom. The van der Waals surface area contributed by atoms with Crippen LogP contribution in [0.15, 0.2) is 22.7 Å². The number of carbonyl (C=O) groups is 1. The number of nitrogens with two attached hydrogens (primary N) is 1. The zero-order chi connectivity index (χ0) is 25.8. The van der Waals surface area contributed by atoms with E-state index in [1.54, 1.807) is 7.11 Å². The Balaban J connectivity index is 1.04. The van der Waals surface area contributed by atoms with Gasteiger partial charge in [-0.2, -0.15) is 0 Å². The van der Waals surface area contributed by atoms with Crippen molar-refractivity contribution in [3.05, 3.63) is 28.9 Å². The smallest absolute Gasteiger partial charge is 0.221 e. The van der Waals surface area contributed by atoms with E-state index in [9.17, 15) is 4.79 Å². The molecule has 0 spiro atoms. The molecule has 2 heterocycles. The Hall–Kier alpha value is -1.63. The van der Waals surface area contributed by atoms with Crippen molar-refractivity contribution < 1.29 is 14.1 Å². The lowest BCUT2D eigenvalue weighted by Crippen LogP contribution is -2.39. The molecule has 1 unspecified atom stereocenters. The maximum Gasteiger partial charge on any atom is 0.221 e. The minimum Gasteiger partial charge on any atom is -0.384 e. The van der Waals surface area contributed by atoms with Crippen LogP contribution in [0.2, 0.25) is 5.02 Å². The molecular weight excluding hydrogens is 486 g/mol. The molecule has 1 aliphatic heterocycles.